The molecule has 0 spiro atoms. The minimum Gasteiger partial charge on any atom is -0.135 e. The Balaban J connectivity index is 0.000000457. The molecule has 2 aromatic carbocycles. The summed E-state index contributed by atoms with van der Waals surface area (Å²) in [6.07, 6.45) is 0. The van der Waals surface area contributed by atoms with Gasteiger partial charge in [-0.1, -0.05) is 54.0 Å². The quantitative estimate of drug-likeness (QED) is 0.488. The molecule has 0 amide bonds. The van der Waals surface area contributed by atoms with E-state index in [0.29, 0.717) is 0 Å². The Labute approximate surface area is 108 Å². The van der Waals surface area contributed by atoms with E-state index in [1.807, 2.05) is 25.2 Å². The molecule has 0 fully saturated rings. The van der Waals surface area contributed by atoms with E-state index in [1.165, 1.54) is 24.6 Å². The van der Waals surface area contributed by atoms with Crippen molar-refractivity contribution in [3.05, 3.63) is 46.9 Å². The highest BCUT2D eigenvalue weighted by Crippen LogP contribution is 2.37. The highest BCUT2D eigenvalue weighted by atomic mass is 79.9. The Morgan fingerprint density at radius 2 is 1.56 bits per heavy atom. The van der Waals surface area contributed by atoms with Crippen LogP contribution in [0.5, 0.6) is 0 Å². The van der Waals surface area contributed by atoms with E-state index in [1.54, 1.807) is 0 Å². The van der Waals surface area contributed by atoms with Crippen LogP contribution in [-0.4, -0.2) is 0 Å². The Hall–Kier alpha value is -0.860. The van der Waals surface area contributed by atoms with Gasteiger partial charge in [-0.25, -0.2) is 0 Å². The van der Waals surface area contributed by atoms with Crippen LogP contribution in [-0.2, 0) is 0 Å². The van der Waals surface area contributed by atoms with Gasteiger partial charge in [0, 0.05) is 24.6 Å². The second-order valence-corrected chi connectivity index (χ2v) is 5.15. The summed E-state index contributed by atoms with van der Waals surface area (Å²) >= 11 is 5.45. The summed E-state index contributed by atoms with van der Waals surface area (Å²) in [4.78, 5) is 0. The van der Waals surface area contributed by atoms with Crippen molar-refractivity contribution in [2.24, 2.45) is 0 Å². The Morgan fingerprint density at radius 3 is 2.38 bits per heavy atom. The average molecular weight is 293 g/mol. The van der Waals surface area contributed by atoms with Crippen molar-refractivity contribution < 1.29 is 0 Å². The predicted molar refractivity (Wildman–Crippen MR) is 78.4 cm³/mol. The predicted octanol–water partition coefficient (Wildman–Crippen LogP) is 5.84. The molecule has 0 aliphatic carbocycles. The smallest absolute Gasteiger partial charge is 0.0366 e. The first kappa shape index (κ1) is 11.6. The van der Waals surface area contributed by atoms with Crippen molar-refractivity contribution in [3.63, 3.8) is 0 Å². The molecule has 2 heteroatoms. The Morgan fingerprint density at radius 1 is 0.875 bits per heavy atom. The summed E-state index contributed by atoms with van der Waals surface area (Å²) in [5.41, 5.74) is 0. The van der Waals surface area contributed by atoms with Crippen LogP contribution in [0.4, 0.5) is 0 Å². The summed E-state index contributed by atoms with van der Waals surface area (Å²) in [6, 6.07) is 14.9. The Kier molecular flexibility index (Phi) is 3.62. The third kappa shape index (κ3) is 1.87. The van der Waals surface area contributed by atoms with Crippen molar-refractivity contribution in [1.29, 1.82) is 0 Å². The fourth-order valence-corrected chi connectivity index (χ4v) is 3.57. The molecule has 0 aliphatic heterocycles. The van der Waals surface area contributed by atoms with Gasteiger partial charge in [-0.3, -0.25) is 0 Å². The standard InChI is InChI=1S/C12H7BrS.C2H6/c13-9-5-3-7-11-12(9)8-4-1-2-6-10(8)14-11;1-2/h1-7H;1-2H3. The first-order chi connectivity index (χ1) is 7.86. The third-order valence-electron chi connectivity index (χ3n) is 2.35. The molecule has 1 heterocycles. The maximum atomic E-state index is 3.60. The molecule has 0 aliphatic rings. The molecule has 0 nitrogen and oxygen atoms in total. The zero-order valence-electron chi connectivity index (χ0n) is 9.33. The van der Waals surface area contributed by atoms with Gasteiger partial charge >= 0.3 is 0 Å². The molecule has 16 heavy (non-hydrogen) atoms. The first-order valence-electron chi connectivity index (χ1n) is 5.42. The normalized spacial score (nSPS) is 10.2. The van der Waals surface area contributed by atoms with Gasteiger partial charge in [0.1, 0.15) is 0 Å². The van der Waals surface area contributed by atoms with Gasteiger partial charge in [0.15, 0.2) is 0 Å². The number of hydrogen-bond donors (Lipinski definition) is 0. The molecule has 0 saturated carbocycles. The molecular weight excluding hydrogens is 280 g/mol. The summed E-state index contributed by atoms with van der Waals surface area (Å²) in [5, 5.41) is 2.69. The number of hydrogen-bond acceptors (Lipinski definition) is 1. The molecule has 82 valence electrons. The highest BCUT2D eigenvalue weighted by molar-refractivity contribution is 9.10. The van der Waals surface area contributed by atoms with Crippen molar-refractivity contribution in [1.82, 2.24) is 0 Å². The lowest BCUT2D eigenvalue weighted by Crippen LogP contribution is -1.67. The zero-order chi connectivity index (χ0) is 11.5. The molecule has 0 unspecified atom stereocenters. The molecule has 0 bridgehead atoms. The molecular formula is C14H13BrS. The minimum atomic E-state index is 1.19. The number of thiophene rings is 1. The Bertz CT molecular complexity index is 610. The molecule has 3 rings (SSSR count). The summed E-state index contributed by atoms with van der Waals surface area (Å²) in [5.74, 6) is 0. The third-order valence-corrected chi connectivity index (χ3v) is 4.15. The summed E-state index contributed by atoms with van der Waals surface area (Å²) in [6.45, 7) is 4.00. The highest BCUT2D eigenvalue weighted by Gasteiger charge is 2.05. The van der Waals surface area contributed by atoms with Gasteiger partial charge in [-0.2, -0.15) is 0 Å². The molecule has 0 N–H and O–H groups in total. The van der Waals surface area contributed by atoms with Crippen molar-refractivity contribution in [2.45, 2.75) is 13.8 Å². The maximum absolute atomic E-state index is 3.60. The summed E-state index contributed by atoms with van der Waals surface area (Å²) < 4.78 is 3.89. The van der Waals surface area contributed by atoms with Crippen molar-refractivity contribution in [2.75, 3.05) is 0 Å². The van der Waals surface area contributed by atoms with Crippen LogP contribution >= 0.6 is 27.3 Å². The summed E-state index contributed by atoms with van der Waals surface area (Å²) in [7, 11) is 0. The fraction of sp³-hybridized carbons (Fsp3) is 0.143. The van der Waals surface area contributed by atoms with E-state index >= 15 is 0 Å². The van der Waals surface area contributed by atoms with Crippen LogP contribution in [0.3, 0.4) is 0 Å². The van der Waals surface area contributed by atoms with Gasteiger partial charge in [0.25, 0.3) is 0 Å². The van der Waals surface area contributed by atoms with Gasteiger partial charge < -0.3 is 0 Å². The van der Waals surface area contributed by atoms with Crippen LogP contribution in [0.2, 0.25) is 0 Å². The van der Waals surface area contributed by atoms with Gasteiger partial charge in [-0.05, 0) is 18.2 Å². The number of halogens is 1. The second-order valence-electron chi connectivity index (χ2n) is 3.21. The lowest BCUT2D eigenvalue weighted by molar-refractivity contribution is 1.50. The molecule has 0 atom stereocenters. The monoisotopic (exact) mass is 292 g/mol. The van der Waals surface area contributed by atoms with E-state index in [4.69, 9.17) is 0 Å². The lowest BCUT2D eigenvalue weighted by Gasteiger charge is -1.93. The van der Waals surface area contributed by atoms with E-state index in [2.05, 4.69) is 58.4 Å². The molecule has 3 aromatic rings. The van der Waals surface area contributed by atoms with Gasteiger partial charge in [0.2, 0.25) is 0 Å². The van der Waals surface area contributed by atoms with Gasteiger partial charge in [0.05, 0.1) is 0 Å². The van der Waals surface area contributed by atoms with Crippen LogP contribution in [0.1, 0.15) is 13.8 Å². The zero-order valence-corrected chi connectivity index (χ0v) is 11.7. The topological polar surface area (TPSA) is 0 Å². The molecule has 1 aromatic heterocycles. The average Bonchev–Trinajstić information content (AvgIpc) is 2.71. The van der Waals surface area contributed by atoms with E-state index in [-0.39, 0.29) is 0 Å². The maximum Gasteiger partial charge on any atom is 0.0366 e. The van der Waals surface area contributed by atoms with E-state index in [0.717, 1.165) is 0 Å². The van der Waals surface area contributed by atoms with Gasteiger partial charge in [-0.15, -0.1) is 11.3 Å². The SMILES string of the molecule is Brc1cccc2sc3ccccc3c12.CC. The largest absolute Gasteiger partial charge is 0.135 e. The van der Waals surface area contributed by atoms with Crippen molar-refractivity contribution >= 4 is 47.4 Å². The number of fused-ring (bicyclic) bond motifs is 3. The van der Waals surface area contributed by atoms with Crippen molar-refractivity contribution in [3.8, 4) is 0 Å². The molecule has 0 saturated heterocycles. The first-order valence-corrected chi connectivity index (χ1v) is 7.03. The van der Waals surface area contributed by atoms with E-state index < -0.39 is 0 Å². The minimum absolute atomic E-state index is 1.19. The van der Waals surface area contributed by atoms with Crippen LogP contribution in [0, 0.1) is 0 Å². The number of rotatable bonds is 0. The number of benzene rings is 2. The van der Waals surface area contributed by atoms with E-state index in [9.17, 15) is 0 Å². The lowest BCUT2D eigenvalue weighted by atomic mass is 10.2. The molecule has 0 radical (unpaired) electrons. The van der Waals surface area contributed by atoms with Crippen LogP contribution in [0.15, 0.2) is 46.9 Å². The van der Waals surface area contributed by atoms with Crippen LogP contribution in [0.25, 0.3) is 20.2 Å². The van der Waals surface area contributed by atoms with Crippen LogP contribution < -0.4 is 0 Å². The fourth-order valence-electron chi connectivity index (χ4n) is 1.73. The second kappa shape index (κ2) is 4.98.